The molecular weight excluding hydrogens is 348 g/mol. The molecule has 0 unspecified atom stereocenters. The Morgan fingerprint density at radius 2 is 1.96 bits per heavy atom. The molecule has 7 heteroatoms. The van der Waals surface area contributed by atoms with Gasteiger partial charge in [0.25, 0.3) is 0 Å². The van der Waals surface area contributed by atoms with Gasteiger partial charge in [-0.15, -0.1) is 0 Å². The Hall–Kier alpha value is -2.41. The average molecular weight is 374 g/mol. The molecule has 7 nitrogen and oxygen atoms in total. The molecule has 2 heterocycles. The van der Waals surface area contributed by atoms with E-state index in [9.17, 15) is 14.4 Å². The standard InChI is InChI=1S/C20H26N2O5/c1-15(16-6-3-2-4-7-16)19(26)22-10-5-8-20(14-22)9-11-21(12-18(24)25)17(23)13-27-20/h2-4,6-7,15H,5,8-14H2,1H3,(H,24,25)/t15-,20-/m0/s1. The normalized spacial score (nSPS) is 24.6. The van der Waals surface area contributed by atoms with E-state index in [1.807, 2.05) is 42.2 Å². The minimum absolute atomic E-state index is 0.0573. The Morgan fingerprint density at radius 1 is 1.22 bits per heavy atom. The SMILES string of the molecule is C[C@H](C(=O)N1CCC[C@]2(CCN(CC(=O)O)C(=O)CO2)C1)c1ccccc1. The number of aliphatic carboxylic acids is 1. The van der Waals surface area contributed by atoms with Crippen molar-refractivity contribution in [3.63, 3.8) is 0 Å². The maximum absolute atomic E-state index is 13.0. The molecule has 1 N–H and O–H groups in total. The van der Waals surface area contributed by atoms with Crippen LogP contribution in [0.1, 0.15) is 37.7 Å². The van der Waals surface area contributed by atoms with Gasteiger partial charge in [-0.3, -0.25) is 14.4 Å². The van der Waals surface area contributed by atoms with Crippen molar-refractivity contribution in [1.82, 2.24) is 9.80 Å². The zero-order chi connectivity index (χ0) is 19.4. The first-order valence-corrected chi connectivity index (χ1v) is 9.37. The van der Waals surface area contributed by atoms with Crippen molar-refractivity contribution in [2.45, 2.75) is 37.7 Å². The van der Waals surface area contributed by atoms with E-state index in [4.69, 9.17) is 9.84 Å². The molecule has 0 radical (unpaired) electrons. The molecule has 0 aliphatic carbocycles. The van der Waals surface area contributed by atoms with Crippen LogP contribution in [0.3, 0.4) is 0 Å². The van der Waals surface area contributed by atoms with E-state index < -0.39 is 11.6 Å². The topological polar surface area (TPSA) is 87.2 Å². The molecule has 1 aromatic carbocycles. The third kappa shape index (κ3) is 4.47. The Bertz CT molecular complexity index is 708. The van der Waals surface area contributed by atoms with E-state index in [1.54, 1.807) is 0 Å². The van der Waals surface area contributed by atoms with Gasteiger partial charge in [0.15, 0.2) is 0 Å². The Balaban J connectivity index is 1.69. The van der Waals surface area contributed by atoms with Crippen molar-refractivity contribution in [2.24, 2.45) is 0 Å². The Morgan fingerprint density at radius 3 is 2.67 bits per heavy atom. The van der Waals surface area contributed by atoms with Gasteiger partial charge in [-0.2, -0.15) is 0 Å². The van der Waals surface area contributed by atoms with E-state index in [0.29, 0.717) is 26.1 Å². The molecule has 2 atom stereocenters. The summed E-state index contributed by atoms with van der Waals surface area (Å²) in [6.45, 7) is 2.91. The molecule has 1 aromatic rings. The second-order valence-corrected chi connectivity index (χ2v) is 7.43. The second-order valence-electron chi connectivity index (χ2n) is 7.43. The van der Waals surface area contributed by atoms with E-state index >= 15 is 0 Å². The number of ether oxygens (including phenoxy) is 1. The average Bonchev–Trinajstić information content (AvgIpc) is 2.82. The van der Waals surface area contributed by atoms with Gasteiger partial charge in [0, 0.05) is 19.6 Å². The highest BCUT2D eigenvalue weighted by molar-refractivity contribution is 5.84. The van der Waals surface area contributed by atoms with Gasteiger partial charge in [0.1, 0.15) is 13.2 Å². The number of benzene rings is 1. The lowest BCUT2D eigenvalue weighted by molar-refractivity contribution is -0.150. The summed E-state index contributed by atoms with van der Waals surface area (Å²) in [5.41, 5.74) is 0.402. The third-order valence-electron chi connectivity index (χ3n) is 5.54. The van der Waals surface area contributed by atoms with Crippen LogP contribution in [0.2, 0.25) is 0 Å². The number of carbonyl (C=O) groups excluding carboxylic acids is 2. The minimum atomic E-state index is -1.03. The first-order chi connectivity index (χ1) is 12.9. The fourth-order valence-electron chi connectivity index (χ4n) is 3.94. The van der Waals surface area contributed by atoms with Gasteiger partial charge in [-0.25, -0.2) is 0 Å². The smallest absolute Gasteiger partial charge is 0.323 e. The van der Waals surface area contributed by atoms with Crippen LogP contribution >= 0.6 is 0 Å². The van der Waals surface area contributed by atoms with Gasteiger partial charge in [-0.1, -0.05) is 30.3 Å². The Kier molecular flexibility index (Phi) is 5.79. The first kappa shape index (κ1) is 19.4. The molecule has 0 saturated carbocycles. The van der Waals surface area contributed by atoms with Crippen LogP contribution in [0.25, 0.3) is 0 Å². The van der Waals surface area contributed by atoms with Gasteiger partial charge in [-0.05, 0) is 31.7 Å². The predicted octanol–water partition coefficient (Wildman–Crippen LogP) is 1.48. The van der Waals surface area contributed by atoms with Crippen LogP contribution < -0.4 is 0 Å². The molecule has 1 spiro atoms. The van der Waals surface area contributed by atoms with Crippen LogP contribution in [0.5, 0.6) is 0 Å². The summed E-state index contributed by atoms with van der Waals surface area (Å²) in [6.07, 6.45) is 2.11. The van der Waals surface area contributed by atoms with Gasteiger partial charge in [0.05, 0.1) is 11.5 Å². The molecule has 2 saturated heterocycles. The maximum atomic E-state index is 13.0. The molecule has 2 aliphatic rings. The highest BCUT2D eigenvalue weighted by Crippen LogP contribution is 2.32. The fraction of sp³-hybridized carbons (Fsp3) is 0.550. The number of hydrogen-bond donors (Lipinski definition) is 1. The monoisotopic (exact) mass is 374 g/mol. The summed E-state index contributed by atoms with van der Waals surface area (Å²) in [4.78, 5) is 39.3. The lowest BCUT2D eigenvalue weighted by Gasteiger charge is -2.42. The van der Waals surface area contributed by atoms with Crippen molar-refractivity contribution in [1.29, 1.82) is 0 Å². The second kappa shape index (κ2) is 8.08. The van der Waals surface area contributed by atoms with Crippen LogP contribution in [0, 0.1) is 0 Å². The lowest BCUT2D eigenvalue weighted by Crippen LogP contribution is -2.53. The molecule has 2 aliphatic heterocycles. The maximum Gasteiger partial charge on any atom is 0.323 e. The number of amides is 2. The minimum Gasteiger partial charge on any atom is -0.480 e. The molecule has 146 valence electrons. The van der Waals surface area contributed by atoms with Gasteiger partial charge >= 0.3 is 5.97 Å². The molecule has 0 aromatic heterocycles. The summed E-state index contributed by atoms with van der Waals surface area (Å²) < 4.78 is 5.94. The quantitative estimate of drug-likeness (QED) is 0.863. The van der Waals surface area contributed by atoms with Gasteiger partial charge < -0.3 is 19.6 Å². The number of carboxylic acids is 1. The molecule has 0 bridgehead atoms. The summed E-state index contributed by atoms with van der Waals surface area (Å²) in [7, 11) is 0. The highest BCUT2D eigenvalue weighted by Gasteiger charge is 2.42. The van der Waals surface area contributed by atoms with Crippen LogP contribution in [-0.4, -0.2) is 71.1 Å². The number of likely N-dealkylation sites (tertiary alicyclic amines) is 1. The first-order valence-electron chi connectivity index (χ1n) is 9.37. The Labute approximate surface area is 158 Å². The summed E-state index contributed by atoms with van der Waals surface area (Å²) >= 11 is 0. The van der Waals surface area contributed by atoms with Crippen molar-refractivity contribution in [2.75, 3.05) is 32.8 Å². The summed E-state index contributed by atoms with van der Waals surface area (Å²) in [6, 6.07) is 9.68. The van der Waals surface area contributed by atoms with E-state index in [-0.39, 0.29) is 30.9 Å². The zero-order valence-electron chi connectivity index (χ0n) is 15.6. The van der Waals surface area contributed by atoms with Crippen LogP contribution in [0.15, 0.2) is 30.3 Å². The van der Waals surface area contributed by atoms with E-state index in [0.717, 1.165) is 18.4 Å². The number of piperidine rings is 1. The van der Waals surface area contributed by atoms with Crippen molar-refractivity contribution >= 4 is 17.8 Å². The number of carbonyl (C=O) groups is 3. The van der Waals surface area contributed by atoms with E-state index in [1.165, 1.54) is 4.90 Å². The third-order valence-corrected chi connectivity index (χ3v) is 5.54. The van der Waals surface area contributed by atoms with Crippen molar-refractivity contribution < 1.29 is 24.2 Å². The highest BCUT2D eigenvalue weighted by atomic mass is 16.5. The largest absolute Gasteiger partial charge is 0.480 e. The number of carboxylic acid groups (broad SMARTS) is 1. The van der Waals surface area contributed by atoms with Crippen molar-refractivity contribution in [3.05, 3.63) is 35.9 Å². The molecule has 2 fully saturated rings. The van der Waals surface area contributed by atoms with Crippen molar-refractivity contribution in [3.8, 4) is 0 Å². The molecule has 2 amide bonds. The summed E-state index contributed by atoms with van der Waals surface area (Å²) in [5, 5.41) is 8.97. The van der Waals surface area contributed by atoms with Crippen LogP contribution in [0.4, 0.5) is 0 Å². The van der Waals surface area contributed by atoms with Gasteiger partial charge in [0.2, 0.25) is 11.8 Å². The number of nitrogens with zero attached hydrogens (tertiary/aromatic N) is 2. The van der Waals surface area contributed by atoms with Crippen LogP contribution in [-0.2, 0) is 19.1 Å². The number of hydrogen-bond acceptors (Lipinski definition) is 4. The molecular formula is C20H26N2O5. The molecule has 27 heavy (non-hydrogen) atoms. The fourth-order valence-corrected chi connectivity index (χ4v) is 3.94. The number of rotatable bonds is 4. The lowest BCUT2D eigenvalue weighted by atomic mass is 9.88. The predicted molar refractivity (Wildman–Crippen MR) is 98.2 cm³/mol. The van der Waals surface area contributed by atoms with E-state index in [2.05, 4.69) is 0 Å². The molecule has 3 rings (SSSR count). The summed E-state index contributed by atoms with van der Waals surface area (Å²) in [5.74, 6) is -1.52. The zero-order valence-corrected chi connectivity index (χ0v) is 15.6.